The maximum Gasteiger partial charge on any atom is 0.240 e. The number of carbonyl (C=O) groups is 1. The second-order valence-electron chi connectivity index (χ2n) is 6.49. The molecule has 1 unspecified atom stereocenters. The second kappa shape index (κ2) is 4.49. The molecule has 0 aromatic rings. The lowest BCUT2D eigenvalue weighted by Crippen LogP contribution is -2.58. The summed E-state index contributed by atoms with van der Waals surface area (Å²) in [7, 11) is 1.84. The van der Waals surface area contributed by atoms with E-state index in [9.17, 15) is 9.90 Å². The highest BCUT2D eigenvalue weighted by atomic mass is 16.3. The summed E-state index contributed by atoms with van der Waals surface area (Å²) >= 11 is 0. The second-order valence-corrected chi connectivity index (χ2v) is 6.49. The predicted octanol–water partition coefficient (Wildman–Crippen LogP) is 1.04. The van der Waals surface area contributed by atoms with Crippen LogP contribution in [0.1, 0.15) is 46.5 Å². The van der Waals surface area contributed by atoms with Crippen LogP contribution in [0.3, 0.4) is 0 Å². The van der Waals surface area contributed by atoms with Crippen LogP contribution in [0.4, 0.5) is 0 Å². The van der Waals surface area contributed by atoms with Crippen LogP contribution in [-0.4, -0.2) is 35.2 Å². The molecule has 0 aromatic carbocycles. The molecule has 0 radical (unpaired) electrons. The van der Waals surface area contributed by atoms with Gasteiger partial charge < -0.3 is 15.7 Å². The van der Waals surface area contributed by atoms with Crippen LogP contribution in [-0.2, 0) is 4.79 Å². The van der Waals surface area contributed by atoms with Gasteiger partial charge in [0.1, 0.15) is 0 Å². The van der Waals surface area contributed by atoms with E-state index in [1.54, 1.807) is 0 Å². The molecule has 0 bridgehead atoms. The Morgan fingerprint density at radius 1 is 1.28 bits per heavy atom. The number of rotatable bonds is 3. The van der Waals surface area contributed by atoms with Gasteiger partial charge in [-0.1, -0.05) is 13.8 Å². The molecule has 0 aliphatic heterocycles. The molecule has 18 heavy (non-hydrogen) atoms. The van der Waals surface area contributed by atoms with Crippen LogP contribution in [0, 0.1) is 11.8 Å². The lowest BCUT2D eigenvalue weighted by molar-refractivity contribution is -0.128. The number of likely N-dealkylation sites (N-methyl/N-ethyl adjacent to an activating group) is 1. The standard InChI is InChI=1S/C14H26N2O2/c1-9-5-6-13(3,18)10(2)11(9)16-12(17)14(15-4)7-8-14/h9-11,15,18H,5-8H2,1-4H3,(H,16,17)/t9-,10+,11+,13?/m1/s1. The SMILES string of the molecule is CNC1(C(=O)N[C@H]2[C@H](C)CCC(C)(O)[C@H]2C)CC1. The largest absolute Gasteiger partial charge is 0.390 e. The van der Waals surface area contributed by atoms with Crippen LogP contribution in [0.5, 0.6) is 0 Å². The van der Waals surface area contributed by atoms with Gasteiger partial charge in [0, 0.05) is 12.0 Å². The fraction of sp³-hybridized carbons (Fsp3) is 0.929. The average Bonchev–Trinajstić information content (AvgIpc) is 3.11. The molecular weight excluding hydrogens is 228 g/mol. The number of hydrogen-bond acceptors (Lipinski definition) is 3. The first-order valence-corrected chi connectivity index (χ1v) is 7.05. The number of nitrogens with one attached hydrogen (secondary N) is 2. The summed E-state index contributed by atoms with van der Waals surface area (Å²) in [6, 6.07) is 0.0760. The van der Waals surface area contributed by atoms with Crippen molar-refractivity contribution in [3.8, 4) is 0 Å². The molecule has 2 aliphatic rings. The Morgan fingerprint density at radius 3 is 2.39 bits per heavy atom. The van der Waals surface area contributed by atoms with Gasteiger partial charge in [-0.15, -0.1) is 0 Å². The molecule has 0 spiro atoms. The molecule has 1 amide bonds. The van der Waals surface area contributed by atoms with Gasteiger partial charge in [0.05, 0.1) is 11.1 Å². The minimum absolute atomic E-state index is 0.0760. The smallest absolute Gasteiger partial charge is 0.240 e. The Bertz CT molecular complexity index is 337. The molecule has 0 heterocycles. The summed E-state index contributed by atoms with van der Waals surface area (Å²) in [6.45, 7) is 6.09. The van der Waals surface area contributed by atoms with Crippen molar-refractivity contribution >= 4 is 5.91 Å². The first-order valence-electron chi connectivity index (χ1n) is 7.05. The van der Waals surface area contributed by atoms with E-state index >= 15 is 0 Å². The fourth-order valence-corrected chi connectivity index (χ4v) is 3.08. The Labute approximate surface area is 110 Å². The molecule has 0 saturated heterocycles. The third kappa shape index (κ3) is 2.28. The van der Waals surface area contributed by atoms with E-state index in [0.29, 0.717) is 5.92 Å². The monoisotopic (exact) mass is 254 g/mol. The zero-order valence-corrected chi connectivity index (χ0v) is 11.9. The Balaban J connectivity index is 2.05. The fourth-order valence-electron chi connectivity index (χ4n) is 3.08. The topological polar surface area (TPSA) is 61.4 Å². The van der Waals surface area contributed by atoms with E-state index in [4.69, 9.17) is 0 Å². The zero-order valence-electron chi connectivity index (χ0n) is 11.9. The number of carbonyl (C=O) groups excluding carboxylic acids is 1. The molecule has 4 heteroatoms. The average molecular weight is 254 g/mol. The third-order valence-electron chi connectivity index (χ3n) is 5.20. The van der Waals surface area contributed by atoms with Gasteiger partial charge in [-0.05, 0) is 45.6 Å². The highest BCUT2D eigenvalue weighted by Gasteiger charge is 2.51. The first kappa shape index (κ1) is 13.8. The predicted molar refractivity (Wildman–Crippen MR) is 71.1 cm³/mol. The summed E-state index contributed by atoms with van der Waals surface area (Å²) in [5, 5.41) is 16.6. The van der Waals surface area contributed by atoms with Gasteiger partial charge >= 0.3 is 0 Å². The van der Waals surface area contributed by atoms with Gasteiger partial charge in [0.15, 0.2) is 0 Å². The maximum absolute atomic E-state index is 12.3. The lowest BCUT2D eigenvalue weighted by Gasteiger charge is -2.45. The normalized spacial score (nSPS) is 42.4. The van der Waals surface area contributed by atoms with Crippen molar-refractivity contribution < 1.29 is 9.90 Å². The minimum atomic E-state index is -0.666. The minimum Gasteiger partial charge on any atom is -0.390 e. The molecule has 104 valence electrons. The molecule has 2 saturated carbocycles. The van der Waals surface area contributed by atoms with Crippen LogP contribution >= 0.6 is 0 Å². The van der Waals surface area contributed by atoms with Crippen molar-refractivity contribution in [2.75, 3.05) is 7.05 Å². The highest BCUT2D eigenvalue weighted by molar-refractivity contribution is 5.89. The Hall–Kier alpha value is -0.610. The van der Waals surface area contributed by atoms with E-state index in [1.807, 2.05) is 20.9 Å². The molecule has 4 nitrogen and oxygen atoms in total. The van der Waals surface area contributed by atoms with Crippen molar-refractivity contribution in [1.29, 1.82) is 0 Å². The van der Waals surface area contributed by atoms with Crippen molar-refractivity contribution in [1.82, 2.24) is 10.6 Å². The van der Waals surface area contributed by atoms with Gasteiger partial charge in [0.25, 0.3) is 0 Å². The van der Waals surface area contributed by atoms with E-state index in [1.165, 1.54) is 0 Å². The molecule has 2 aliphatic carbocycles. The molecule has 0 aromatic heterocycles. The number of hydrogen-bond donors (Lipinski definition) is 3. The number of amides is 1. The van der Waals surface area contributed by atoms with E-state index < -0.39 is 5.60 Å². The summed E-state index contributed by atoms with van der Waals surface area (Å²) in [5.74, 6) is 0.626. The summed E-state index contributed by atoms with van der Waals surface area (Å²) < 4.78 is 0. The maximum atomic E-state index is 12.3. The van der Waals surface area contributed by atoms with Crippen LogP contribution in [0.2, 0.25) is 0 Å². The summed E-state index contributed by atoms with van der Waals surface area (Å²) in [4.78, 5) is 12.3. The van der Waals surface area contributed by atoms with Crippen LogP contribution in [0.15, 0.2) is 0 Å². The van der Waals surface area contributed by atoms with Crippen molar-refractivity contribution in [3.63, 3.8) is 0 Å². The van der Waals surface area contributed by atoms with Crippen molar-refractivity contribution in [2.45, 2.75) is 63.6 Å². The van der Waals surface area contributed by atoms with Crippen LogP contribution < -0.4 is 10.6 Å². The summed E-state index contributed by atoms with van der Waals surface area (Å²) in [5.41, 5.74) is -0.996. The van der Waals surface area contributed by atoms with Gasteiger partial charge in [-0.2, -0.15) is 0 Å². The molecular formula is C14H26N2O2. The highest BCUT2D eigenvalue weighted by Crippen LogP contribution is 2.39. The van der Waals surface area contributed by atoms with Gasteiger partial charge in [-0.25, -0.2) is 0 Å². The quantitative estimate of drug-likeness (QED) is 0.705. The molecule has 4 atom stereocenters. The molecule has 2 fully saturated rings. The van der Waals surface area contributed by atoms with Gasteiger partial charge in [-0.3, -0.25) is 4.79 Å². The van der Waals surface area contributed by atoms with Crippen molar-refractivity contribution in [2.24, 2.45) is 11.8 Å². The summed E-state index contributed by atoms with van der Waals surface area (Å²) in [6.07, 6.45) is 3.62. The third-order valence-corrected chi connectivity index (χ3v) is 5.20. The van der Waals surface area contributed by atoms with Crippen LogP contribution in [0.25, 0.3) is 0 Å². The van der Waals surface area contributed by atoms with E-state index in [-0.39, 0.29) is 23.4 Å². The first-order chi connectivity index (χ1) is 8.32. The molecule has 2 rings (SSSR count). The zero-order chi connectivity index (χ0) is 13.6. The van der Waals surface area contributed by atoms with E-state index in [0.717, 1.165) is 25.7 Å². The Morgan fingerprint density at radius 2 is 1.89 bits per heavy atom. The van der Waals surface area contributed by atoms with E-state index in [2.05, 4.69) is 17.6 Å². The number of aliphatic hydroxyl groups is 1. The molecule has 3 N–H and O–H groups in total. The van der Waals surface area contributed by atoms with Crippen molar-refractivity contribution in [3.05, 3.63) is 0 Å². The van der Waals surface area contributed by atoms with Gasteiger partial charge in [0.2, 0.25) is 5.91 Å². The Kier molecular flexibility index (Phi) is 3.45. The lowest BCUT2D eigenvalue weighted by atomic mass is 9.69.